The maximum absolute atomic E-state index is 14.4. The van der Waals surface area contributed by atoms with Crippen LogP contribution in [0.1, 0.15) is 64.7 Å². The van der Waals surface area contributed by atoms with Crippen molar-refractivity contribution < 1.29 is 43.9 Å². The minimum absolute atomic E-state index is 0.0617. The first-order chi connectivity index (χ1) is 18.1. The van der Waals surface area contributed by atoms with Gasteiger partial charge in [0.25, 0.3) is 0 Å². The quantitative estimate of drug-likeness (QED) is 0.388. The zero-order chi connectivity index (χ0) is 28.7. The van der Waals surface area contributed by atoms with Crippen LogP contribution in [0.15, 0.2) is 41.5 Å². The Kier molecular flexibility index (Phi) is 6.42. The van der Waals surface area contributed by atoms with Crippen LogP contribution in [0.5, 0.6) is 0 Å². The maximum Gasteiger partial charge on any atom is 0.338 e. The molecule has 9 nitrogen and oxygen atoms in total. The minimum atomic E-state index is -1.95. The Balaban J connectivity index is 1.81. The highest BCUT2D eigenvalue weighted by atomic mass is 16.6. The number of hydrogen-bond donors (Lipinski definition) is 3. The largest absolute Gasteiger partial charge is 0.455 e. The first kappa shape index (κ1) is 28.0. The van der Waals surface area contributed by atoms with Crippen LogP contribution in [0.25, 0.3) is 0 Å². The molecule has 1 heterocycles. The molecule has 4 aliphatic rings. The summed E-state index contributed by atoms with van der Waals surface area (Å²) < 4.78 is 18.1. The van der Waals surface area contributed by atoms with Gasteiger partial charge in [-0.1, -0.05) is 45.9 Å². The molecule has 0 aromatic heterocycles. The van der Waals surface area contributed by atoms with E-state index in [1.54, 1.807) is 58.0 Å². The molecule has 9 atom stereocenters. The lowest BCUT2D eigenvalue weighted by atomic mass is 9.43. The van der Waals surface area contributed by atoms with Gasteiger partial charge in [0.1, 0.15) is 23.9 Å². The van der Waals surface area contributed by atoms with E-state index in [0.717, 1.165) is 0 Å². The first-order valence-corrected chi connectivity index (χ1v) is 13.5. The van der Waals surface area contributed by atoms with Crippen LogP contribution in [0.2, 0.25) is 0 Å². The van der Waals surface area contributed by atoms with Gasteiger partial charge in [-0.25, -0.2) is 4.79 Å². The number of carbonyl (C=O) groups is 3. The fraction of sp³-hybridized carbons (Fsp3) is 0.633. The van der Waals surface area contributed by atoms with Crippen molar-refractivity contribution in [1.82, 2.24) is 0 Å². The molecule has 0 radical (unpaired) electrons. The maximum atomic E-state index is 14.4. The zero-order valence-corrected chi connectivity index (χ0v) is 23.3. The molecule has 1 saturated heterocycles. The van der Waals surface area contributed by atoms with Gasteiger partial charge in [0.15, 0.2) is 11.4 Å². The minimum Gasteiger partial charge on any atom is -0.455 e. The van der Waals surface area contributed by atoms with E-state index in [0.29, 0.717) is 12.0 Å². The summed E-state index contributed by atoms with van der Waals surface area (Å²) in [6.45, 7) is 9.76. The summed E-state index contributed by atoms with van der Waals surface area (Å²) in [5.74, 6) is -3.34. The van der Waals surface area contributed by atoms with Crippen molar-refractivity contribution in [3.05, 3.63) is 47.0 Å². The number of benzene rings is 1. The highest BCUT2D eigenvalue weighted by Gasteiger charge is 2.77. The van der Waals surface area contributed by atoms with Crippen LogP contribution in [0.3, 0.4) is 0 Å². The van der Waals surface area contributed by atoms with Gasteiger partial charge in [0, 0.05) is 24.2 Å². The predicted molar refractivity (Wildman–Crippen MR) is 138 cm³/mol. The smallest absolute Gasteiger partial charge is 0.338 e. The Morgan fingerprint density at radius 3 is 2.31 bits per heavy atom. The normalized spacial score (nSPS) is 42.7. The molecule has 2 unspecified atom stereocenters. The van der Waals surface area contributed by atoms with Gasteiger partial charge in [-0.2, -0.15) is 0 Å². The van der Waals surface area contributed by atoms with Gasteiger partial charge in [-0.05, 0) is 42.5 Å². The molecule has 212 valence electrons. The topological polar surface area (TPSA) is 140 Å². The lowest BCUT2D eigenvalue weighted by Gasteiger charge is -2.67. The molecule has 3 fully saturated rings. The molecule has 0 amide bonds. The number of hydrogen-bond acceptors (Lipinski definition) is 9. The number of aliphatic hydroxyl groups excluding tert-OH is 2. The second kappa shape index (κ2) is 8.96. The average Bonchev–Trinajstić information content (AvgIpc) is 2.87. The monoisotopic (exact) mass is 542 g/mol. The van der Waals surface area contributed by atoms with Crippen LogP contribution in [-0.4, -0.2) is 75.3 Å². The van der Waals surface area contributed by atoms with Crippen LogP contribution >= 0.6 is 0 Å². The van der Waals surface area contributed by atoms with E-state index in [2.05, 4.69) is 0 Å². The van der Waals surface area contributed by atoms with Crippen molar-refractivity contribution in [2.45, 2.75) is 90.0 Å². The number of ether oxygens (including phenoxy) is 3. The Bertz CT molecular complexity index is 1240. The summed E-state index contributed by atoms with van der Waals surface area (Å²) in [4.78, 5) is 40.6. The van der Waals surface area contributed by atoms with E-state index in [9.17, 15) is 29.7 Å². The van der Waals surface area contributed by atoms with Crippen molar-refractivity contribution >= 4 is 17.7 Å². The molecule has 9 heteroatoms. The number of Topliss-reactive ketones (excluding diaryl/α,β-unsaturated/α-hetero) is 1. The second-order valence-corrected chi connectivity index (χ2v) is 12.6. The number of rotatable bonds is 3. The van der Waals surface area contributed by atoms with E-state index in [4.69, 9.17) is 14.2 Å². The van der Waals surface area contributed by atoms with Crippen molar-refractivity contribution in [2.75, 3.05) is 6.61 Å². The molecule has 1 aromatic carbocycles. The van der Waals surface area contributed by atoms with E-state index in [1.807, 2.05) is 6.92 Å². The zero-order valence-electron chi connectivity index (χ0n) is 23.3. The average molecular weight is 543 g/mol. The van der Waals surface area contributed by atoms with Crippen LogP contribution in [0.4, 0.5) is 0 Å². The standard InChI is InChI=1S/C30H38O9/c1-15-12-20-29(14-37-20,39-17(3)31)23-25(38-26(35)18-10-8-7-9-11-18)30(36)13-19(32)16(2)21(27(30,4)5)22(33)24(34)28(15,23)6/h7-11,15,19-20,22-23,25,32-33,36H,12-14H2,1-6H3/t15?,19-,20+,22+,23?,25-,28+,29-,30+/m0/s1. The summed E-state index contributed by atoms with van der Waals surface area (Å²) in [5, 5.41) is 35.5. The van der Waals surface area contributed by atoms with Crippen LogP contribution in [-0.2, 0) is 23.8 Å². The van der Waals surface area contributed by atoms with E-state index >= 15 is 0 Å². The van der Waals surface area contributed by atoms with Gasteiger partial charge in [0.2, 0.25) is 0 Å². The Morgan fingerprint density at radius 2 is 1.74 bits per heavy atom. The molecule has 3 aliphatic carbocycles. The molecule has 2 saturated carbocycles. The molecule has 5 rings (SSSR count). The van der Waals surface area contributed by atoms with Crippen LogP contribution in [0, 0.1) is 22.7 Å². The molecule has 0 spiro atoms. The Labute approximate surface area is 228 Å². The fourth-order valence-electron chi connectivity index (χ4n) is 7.96. The van der Waals surface area contributed by atoms with Gasteiger partial charge in [-0.15, -0.1) is 0 Å². The highest BCUT2D eigenvalue weighted by molar-refractivity contribution is 5.93. The fourth-order valence-corrected chi connectivity index (χ4v) is 7.96. The van der Waals surface area contributed by atoms with E-state index < -0.39 is 76.0 Å². The summed E-state index contributed by atoms with van der Waals surface area (Å²) in [5.41, 5.74) is -5.19. The van der Waals surface area contributed by atoms with E-state index in [-0.39, 0.29) is 24.2 Å². The molecular formula is C30H38O9. The third-order valence-corrected chi connectivity index (χ3v) is 10.4. The number of aliphatic hydroxyl groups is 3. The summed E-state index contributed by atoms with van der Waals surface area (Å²) >= 11 is 0. The third-order valence-electron chi connectivity index (χ3n) is 10.4. The summed E-state index contributed by atoms with van der Waals surface area (Å²) in [7, 11) is 0. The summed E-state index contributed by atoms with van der Waals surface area (Å²) in [6, 6.07) is 8.29. The van der Waals surface area contributed by atoms with Crippen LogP contribution < -0.4 is 0 Å². The molecule has 2 bridgehead atoms. The number of esters is 2. The predicted octanol–water partition coefficient (Wildman–Crippen LogP) is 2.36. The molecule has 3 N–H and O–H groups in total. The van der Waals surface area contributed by atoms with Crippen molar-refractivity contribution in [2.24, 2.45) is 22.7 Å². The number of fused-ring (bicyclic) bond motifs is 5. The first-order valence-electron chi connectivity index (χ1n) is 13.5. The lowest BCUT2D eigenvalue weighted by Crippen LogP contribution is -2.80. The van der Waals surface area contributed by atoms with E-state index in [1.165, 1.54) is 6.92 Å². The van der Waals surface area contributed by atoms with Crippen molar-refractivity contribution in [3.63, 3.8) is 0 Å². The number of carbonyl (C=O) groups excluding carboxylic acids is 3. The highest BCUT2D eigenvalue weighted by Crippen LogP contribution is 2.65. The second-order valence-electron chi connectivity index (χ2n) is 12.6. The number of ketones is 1. The van der Waals surface area contributed by atoms with Gasteiger partial charge in [0.05, 0.1) is 24.2 Å². The van der Waals surface area contributed by atoms with Crippen molar-refractivity contribution in [1.29, 1.82) is 0 Å². The van der Waals surface area contributed by atoms with Gasteiger partial charge in [-0.3, -0.25) is 9.59 Å². The molecule has 1 aromatic rings. The molecule has 1 aliphatic heterocycles. The van der Waals surface area contributed by atoms with Crippen molar-refractivity contribution in [3.8, 4) is 0 Å². The summed E-state index contributed by atoms with van der Waals surface area (Å²) in [6.07, 6.45) is -4.70. The van der Waals surface area contributed by atoms with Gasteiger partial charge >= 0.3 is 11.9 Å². The van der Waals surface area contributed by atoms with Gasteiger partial charge < -0.3 is 29.5 Å². The molecular weight excluding hydrogens is 504 g/mol. The lowest BCUT2D eigenvalue weighted by molar-refractivity contribution is -0.340. The third kappa shape index (κ3) is 3.63. The SMILES string of the molecule is CC(=O)O[C@@]12CO[C@@H]1CC(C)[C@@]1(C)C(=O)[C@H](O)C3=C(C)[C@@H](O)C[C@@](O)([C@@H](OC(=O)c4ccccc4)C12)C3(C)C. The molecule has 39 heavy (non-hydrogen) atoms. The Hall–Kier alpha value is -2.59. The Morgan fingerprint density at radius 1 is 1.10 bits per heavy atom.